The maximum atomic E-state index is 12.7. The number of carbonyl (C=O) groups excluding carboxylic acids is 1. The molecule has 1 N–H and O–H groups in total. The minimum absolute atomic E-state index is 0.0409. The summed E-state index contributed by atoms with van der Waals surface area (Å²) in [5, 5.41) is 3.00. The standard InChI is InChI=1S/C23H32N2O5S/c1-7-17(2)25(22(26)24-23(3,4)5)16-18-8-10-20(11-9-18)30-31(27,28)21-14-12-19(29-6)13-15-21/h8-15,17H,7,16H2,1-6H3,(H,24,26)/t17-/m0/s1. The molecule has 0 bridgehead atoms. The molecule has 31 heavy (non-hydrogen) atoms. The summed E-state index contributed by atoms with van der Waals surface area (Å²) in [6, 6.07) is 12.6. The second kappa shape index (κ2) is 10.0. The summed E-state index contributed by atoms with van der Waals surface area (Å²) in [6.07, 6.45) is 0.818. The van der Waals surface area contributed by atoms with E-state index in [0.29, 0.717) is 12.3 Å². The van der Waals surface area contributed by atoms with Crippen LogP contribution >= 0.6 is 0 Å². The van der Waals surface area contributed by atoms with Crippen LogP contribution in [0, 0.1) is 0 Å². The van der Waals surface area contributed by atoms with Crippen molar-refractivity contribution in [2.45, 2.75) is 64.1 Å². The highest BCUT2D eigenvalue weighted by molar-refractivity contribution is 7.87. The highest BCUT2D eigenvalue weighted by Crippen LogP contribution is 2.22. The van der Waals surface area contributed by atoms with Gasteiger partial charge < -0.3 is 19.1 Å². The lowest BCUT2D eigenvalue weighted by atomic mass is 10.1. The predicted octanol–water partition coefficient (Wildman–Crippen LogP) is 4.57. The Kier molecular flexibility index (Phi) is 7.95. The monoisotopic (exact) mass is 448 g/mol. The van der Waals surface area contributed by atoms with Crippen LogP contribution in [0.15, 0.2) is 53.4 Å². The van der Waals surface area contributed by atoms with Crippen molar-refractivity contribution in [3.63, 3.8) is 0 Å². The highest BCUT2D eigenvalue weighted by atomic mass is 32.2. The molecule has 0 aliphatic rings. The van der Waals surface area contributed by atoms with E-state index in [1.54, 1.807) is 41.3 Å². The SMILES string of the molecule is CC[C@H](C)N(Cc1ccc(OS(=O)(=O)c2ccc(OC)cc2)cc1)C(=O)NC(C)(C)C. The van der Waals surface area contributed by atoms with Gasteiger partial charge in [0.05, 0.1) is 7.11 Å². The third-order valence-corrected chi connectivity index (χ3v) is 5.96. The largest absolute Gasteiger partial charge is 0.497 e. The molecule has 7 nitrogen and oxygen atoms in total. The number of hydrogen-bond acceptors (Lipinski definition) is 5. The maximum absolute atomic E-state index is 12.7. The summed E-state index contributed by atoms with van der Waals surface area (Å²) >= 11 is 0. The minimum atomic E-state index is -3.96. The zero-order valence-electron chi connectivity index (χ0n) is 19.0. The van der Waals surface area contributed by atoms with Crippen molar-refractivity contribution in [1.29, 1.82) is 0 Å². The van der Waals surface area contributed by atoms with Crippen molar-refractivity contribution in [2.75, 3.05) is 7.11 Å². The lowest BCUT2D eigenvalue weighted by Crippen LogP contribution is -2.50. The Morgan fingerprint density at radius 1 is 1.03 bits per heavy atom. The second-order valence-electron chi connectivity index (χ2n) is 8.42. The van der Waals surface area contributed by atoms with E-state index >= 15 is 0 Å². The van der Waals surface area contributed by atoms with Gasteiger partial charge >= 0.3 is 16.1 Å². The van der Waals surface area contributed by atoms with E-state index in [2.05, 4.69) is 5.32 Å². The van der Waals surface area contributed by atoms with Gasteiger partial charge in [0.25, 0.3) is 0 Å². The molecule has 2 amide bonds. The average Bonchev–Trinajstić information content (AvgIpc) is 2.71. The van der Waals surface area contributed by atoms with Crippen LogP contribution in [0.25, 0.3) is 0 Å². The van der Waals surface area contributed by atoms with Gasteiger partial charge in [-0.25, -0.2) is 4.79 Å². The quantitative estimate of drug-likeness (QED) is 0.598. The first-order valence-corrected chi connectivity index (χ1v) is 11.6. The van der Waals surface area contributed by atoms with Gasteiger partial charge in [0.2, 0.25) is 0 Å². The predicted molar refractivity (Wildman–Crippen MR) is 121 cm³/mol. The molecule has 0 fully saturated rings. The first kappa shape index (κ1) is 24.5. The van der Waals surface area contributed by atoms with Crippen molar-refractivity contribution in [2.24, 2.45) is 0 Å². The number of nitrogens with zero attached hydrogens (tertiary/aromatic N) is 1. The fourth-order valence-corrected chi connectivity index (χ4v) is 3.74. The van der Waals surface area contributed by atoms with Crippen LogP contribution < -0.4 is 14.2 Å². The van der Waals surface area contributed by atoms with Crippen molar-refractivity contribution in [3.8, 4) is 11.5 Å². The van der Waals surface area contributed by atoms with Crippen LogP contribution in [0.4, 0.5) is 4.79 Å². The van der Waals surface area contributed by atoms with Crippen LogP contribution in [0.1, 0.15) is 46.6 Å². The van der Waals surface area contributed by atoms with Gasteiger partial charge in [-0.1, -0.05) is 19.1 Å². The van der Waals surface area contributed by atoms with Gasteiger partial charge in [0.15, 0.2) is 0 Å². The third kappa shape index (κ3) is 7.17. The molecule has 0 spiro atoms. The molecule has 2 rings (SSSR count). The number of benzene rings is 2. The van der Waals surface area contributed by atoms with Crippen molar-refractivity contribution in [1.82, 2.24) is 10.2 Å². The minimum Gasteiger partial charge on any atom is -0.497 e. The molecule has 0 saturated heterocycles. The molecule has 0 radical (unpaired) electrons. The summed E-state index contributed by atoms with van der Waals surface area (Å²) in [5.74, 6) is 0.762. The van der Waals surface area contributed by atoms with Gasteiger partial charge in [-0.05, 0) is 76.1 Å². The molecule has 0 aliphatic heterocycles. The van der Waals surface area contributed by atoms with E-state index in [1.165, 1.54) is 19.2 Å². The summed E-state index contributed by atoms with van der Waals surface area (Å²) in [7, 11) is -2.44. The van der Waals surface area contributed by atoms with Crippen LogP contribution in [0.2, 0.25) is 0 Å². The number of ether oxygens (including phenoxy) is 1. The Morgan fingerprint density at radius 2 is 1.58 bits per heavy atom. The van der Waals surface area contributed by atoms with Gasteiger partial charge in [0, 0.05) is 18.1 Å². The van der Waals surface area contributed by atoms with E-state index in [9.17, 15) is 13.2 Å². The zero-order valence-corrected chi connectivity index (χ0v) is 19.8. The molecule has 1 atom stereocenters. The number of rotatable bonds is 8. The van der Waals surface area contributed by atoms with Crippen LogP contribution in [-0.4, -0.2) is 38.0 Å². The molecule has 8 heteroatoms. The smallest absolute Gasteiger partial charge is 0.339 e. The van der Waals surface area contributed by atoms with E-state index in [-0.39, 0.29) is 28.3 Å². The summed E-state index contributed by atoms with van der Waals surface area (Å²) in [5.41, 5.74) is 0.537. The summed E-state index contributed by atoms with van der Waals surface area (Å²) in [6.45, 7) is 10.3. The maximum Gasteiger partial charge on any atom is 0.339 e. The molecular weight excluding hydrogens is 416 g/mol. The number of urea groups is 1. The molecule has 0 unspecified atom stereocenters. The Morgan fingerprint density at radius 3 is 2.06 bits per heavy atom. The molecule has 0 heterocycles. The van der Waals surface area contributed by atoms with E-state index in [4.69, 9.17) is 8.92 Å². The lowest BCUT2D eigenvalue weighted by molar-refractivity contribution is 0.165. The Labute approximate surface area is 185 Å². The van der Waals surface area contributed by atoms with E-state index in [0.717, 1.165) is 12.0 Å². The molecular formula is C23H32N2O5S. The number of hydrogen-bond donors (Lipinski definition) is 1. The normalized spacial score (nSPS) is 12.7. The Hall–Kier alpha value is -2.74. The first-order chi connectivity index (χ1) is 14.4. The summed E-state index contributed by atoms with van der Waals surface area (Å²) < 4.78 is 35.3. The molecule has 0 aromatic heterocycles. The Bertz CT molecular complexity index is 965. The number of methoxy groups -OCH3 is 1. The average molecular weight is 449 g/mol. The second-order valence-corrected chi connectivity index (χ2v) is 9.97. The highest BCUT2D eigenvalue weighted by Gasteiger charge is 2.23. The molecule has 2 aromatic carbocycles. The van der Waals surface area contributed by atoms with Crippen molar-refractivity contribution in [3.05, 3.63) is 54.1 Å². The number of amides is 2. The van der Waals surface area contributed by atoms with Crippen LogP contribution in [0.5, 0.6) is 11.5 Å². The van der Waals surface area contributed by atoms with Crippen LogP contribution in [-0.2, 0) is 16.7 Å². The van der Waals surface area contributed by atoms with Gasteiger partial charge in [0.1, 0.15) is 16.4 Å². The lowest BCUT2D eigenvalue weighted by Gasteiger charge is -2.32. The van der Waals surface area contributed by atoms with E-state index < -0.39 is 10.1 Å². The summed E-state index contributed by atoms with van der Waals surface area (Å²) in [4.78, 5) is 14.5. The van der Waals surface area contributed by atoms with Crippen molar-refractivity contribution >= 4 is 16.1 Å². The fraction of sp³-hybridized carbons (Fsp3) is 0.435. The van der Waals surface area contributed by atoms with Crippen LogP contribution in [0.3, 0.4) is 0 Å². The topological polar surface area (TPSA) is 84.9 Å². The van der Waals surface area contributed by atoms with Crippen molar-refractivity contribution < 1.29 is 22.1 Å². The third-order valence-electron chi connectivity index (χ3n) is 4.70. The number of nitrogens with one attached hydrogen (secondary N) is 1. The molecule has 2 aromatic rings. The fourth-order valence-electron chi connectivity index (χ4n) is 2.81. The molecule has 170 valence electrons. The Balaban J connectivity index is 2.12. The first-order valence-electron chi connectivity index (χ1n) is 10.2. The molecule has 0 saturated carbocycles. The van der Waals surface area contributed by atoms with Gasteiger partial charge in [-0.15, -0.1) is 0 Å². The van der Waals surface area contributed by atoms with Gasteiger partial charge in [-0.3, -0.25) is 0 Å². The zero-order chi connectivity index (χ0) is 23.2. The van der Waals surface area contributed by atoms with Gasteiger partial charge in [-0.2, -0.15) is 8.42 Å². The van der Waals surface area contributed by atoms with E-state index in [1.807, 2.05) is 34.6 Å². The molecule has 0 aliphatic carbocycles. The number of carbonyl (C=O) groups is 1.